The molecule has 0 bridgehead atoms. The standard InChI is InChI=1S/C23H19N3O2/c1-14-10-15(2)26(25-14)16-6-5-7-17(11-16)27-18-12-20-19-8-3-4-9-22(19)28-23(20)21(24)13-18/h3-13H,24H2,1-2H3. The number of nitrogens with two attached hydrogens (primary N) is 1. The fourth-order valence-corrected chi connectivity index (χ4v) is 3.59. The Bertz CT molecular complexity index is 1330. The van der Waals surface area contributed by atoms with Gasteiger partial charge in [0.15, 0.2) is 5.58 Å². The number of hydrogen-bond donors (Lipinski definition) is 1. The highest BCUT2D eigenvalue weighted by atomic mass is 16.5. The number of nitrogens with zero attached hydrogens (tertiary/aromatic N) is 2. The van der Waals surface area contributed by atoms with Gasteiger partial charge in [-0.2, -0.15) is 5.10 Å². The molecule has 2 N–H and O–H groups in total. The molecule has 0 saturated carbocycles. The Kier molecular flexibility index (Phi) is 3.62. The lowest BCUT2D eigenvalue weighted by molar-refractivity contribution is 0.483. The Balaban J connectivity index is 1.56. The van der Waals surface area contributed by atoms with E-state index in [1.54, 1.807) is 6.07 Å². The summed E-state index contributed by atoms with van der Waals surface area (Å²) in [5.74, 6) is 1.39. The van der Waals surface area contributed by atoms with Gasteiger partial charge in [0.2, 0.25) is 0 Å². The number of ether oxygens (including phenoxy) is 1. The molecule has 5 aromatic rings. The Morgan fingerprint density at radius 2 is 1.75 bits per heavy atom. The van der Waals surface area contributed by atoms with Crippen LogP contribution in [0.2, 0.25) is 0 Å². The van der Waals surface area contributed by atoms with E-state index < -0.39 is 0 Å². The first-order chi connectivity index (χ1) is 13.6. The number of aromatic nitrogens is 2. The summed E-state index contributed by atoms with van der Waals surface area (Å²) in [6.07, 6.45) is 0. The van der Waals surface area contributed by atoms with E-state index in [1.807, 2.05) is 79.2 Å². The van der Waals surface area contributed by atoms with E-state index in [9.17, 15) is 0 Å². The van der Waals surface area contributed by atoms with E-state index in [0.717, 1.165) is 39.2 Å². The largest absolute Gasteiger partial charge is 0.457 e. The van der Waals surface area contributed by atoms with E-state index >= 15 is 0 Å². The lowest BCUT2D eigenvalue weighted by Crippen LogP contribution is -1.99. The Morgan fingerprint density at radius 1 is 0.893 bits per heavy atom. The third-order valence-electron chi connectivity index (χ3n) is 4.79. The van der Waals surface area contributed by atoms with Crippen LogP contribution in [0.3, 0.4) is 0 Å². The second-order valence-corrected chi connectivity index (χ2v) is 6.93. The minimum atomic E-state index is 0.554. The molecule has 0 spiro atoms. The van der Waals surface area contributed by atoms with Gasteiger partial charge < -0.3 is 14.9 Å². The third-order valence-corrected chi connectivity index (χ3v) is 4.79. The number of nitrogen functional groups attached to an aromatic ring is 1. The second-order valence-electron chi connectivity index (χ2n) is 6.93. The molecular weight excluding hydrogens is 350 g/mol. The van der Waals surface area contributed by atoms with E-state index in [0.29, 0.717) is 17.0 Å². The maximum absolute atomic E-state index is 6.23. The van der Waals surface area contributed by atoms with Crippen LogP contribution in [0.25, 0.3) is 27.6 Å². The first-order valence-corrected chi connectivity index (χ1v) is 9.11. The van der Waals surface area contributed by atoms with Crippen molar-refractivity contribution in [3.05, 3.63) is 78.1 Å². The van der Waals surface area contributed by atoms with Gasteiger partial charge in [-0.25, -0.2) is 4.68 Å². The predicted molar refractivity (Wildman–Crippen MR) is 111 cm³/mol. The summed E-state index contributed by atoms with van der Waals surface area (Å²) in [4.78, 5) is 0. The maximum Gasteiger partial charge on any atom is 0.158 e. The first kappa shape index (κ1) is 16.4. The average molecular weight is 369 g/mol. The predicted octanol–water partition coefficient (Wildman–Crippen LogP) is 5.76. The van der Waals surface area contributed by atoms with E-state index in [4.69, 9.17) is 14.9 Å². The minimum Gasteiger partial charge on any atom is -0.457 e. The van der Waals surface area contributed by atoms with Crippen LogP contribution in [-0.2, 0) is 0 Å². The number of aryl methyl sites for hydroxylation is 2. The molecule has 3 aromatic carbocycles. The van der Waals surface area contributed by atoms with Crippen LogP contribution in [0.5, 0.6) is 11.5 Å². The van der Waals surface area contributed by atoms with E-state index in [1.165, 1.54) is 0 Å². The minimum absolute atomic E-state index is 0.554. The molecule has 0 atom stereocenters. The maximum atomic E-state index is 6.23. The number of benzene rings is 3. The van der Waals surface area contributed by atoms with Gasteiger partial charge in [-0.05, 0) is 44.2 Å². The van der Waals surface area contributed by atoms with Crippen molar-refractivity contribution >= 4 is 27.6 Å². The number of anilines is 1. The highest BCUT2D eigenvalue weighted by molar-refractivity contribution is 6.09. The number of fused-ring (bicyclic) bond motifs is 3. The summed E-state index contributed by atoms with van der Waals surface area (Å²) in [5.41, 5.74) is 11.3. The molecule has 5 rings (SSSR count). The molecule has 0 aliphatic carbocycles. The molecule has 0 saturated heterocycles. The van der Waals surface area contributed by atoms with E-state index in [2.05, 4.69) is 5.10 Å². The van der Waals surface area contributed by atoms with Crippen LogP contribution in [-0.4, -0.2) is 9.78 Å². The van der Waals surface area contributed by atoms with Gasteiger partial charge in [-0.15, -0.1) is 0 Å². The highest BCUT2D eigenvalue weighted by Gasteiger charge is 2.12. The number of para-hydroxylation sites is 1. The Labute approximate surface area is 161 Å². The molecule has 0 aliphatic rings. The van der Waals surface area contributed by atoms with Gasteiger partial charge in [0.1, 0.15) is 17.1 Å². The zero-order chi connectivity index (χ0) is 19.3. The number of furan rings is 1. The van der Waals surface area contributed by atoms with Crippen LogP contribution in [0.15, 0.2) is 71.1 Å². The average Bonchev–Trinajstić information content (AvgIpc) is 3.22. The molecule has 28 heavy (non-hydrogen) atoms. The van der Waals surface area contributed by atoms with Crippen LogP contribution in [0, 0.1) is 13.8 Å². The fourth-order valence-electron chi connectivity index (χ4n) is 3.59. The van der Waals surface area contributed by atoms with Crippen molar-refractivity contribution in [1.82, 2.24) is 9.78 Å². The van der Waals surface area contributed by atoms with Crippen molar-refractivity contribution in [2.24, 2.45) is 0 Å². The molecule has 2 aromatic heterocycles. The summed E-state index contributed by atoms with van der Waals surface area (Å²) in [6, 6.07) is 21.5. The van der Waals surface area contributed by atoms with Gasteiger partial charge in [-0.3, -0.25) is 0 Å². The summed E-state index contributed by atoms with van der Waals surface area (Å²) in [6.45, 7) is 4.02. The van der Waals surface area contributed by atoms with Crippen molar-refractivity contribution in [2.45, 2.75) is 13.8 Å². The van der Waals surface area contributed by atoms with Crippen molar-refractivity contribution in [2.75, 3.05) is 5.73 Å². The normalized spacial score (nSPS) is 11.4. The number of hydrogen-bond acceptors (Lipinski definition) is 4. The van der Waals surface area contributed by atoms with Crippen LogP contribution >= 0.6 is 0 Å². The molecule has 5 heteroatoms. The van der Waals surface area contributed by atoms with Gasteiger partial charge in [0.25, 0.3) is 0 Å². The molecule has 0 aliphatic heterocycles. The van der Waals surface area contributed by atoms with Crippen LogP contribution < -0.4 is 10.5 Å². The van der Waals surface area contributed by atoms with Crippen molar-refractivity contribution < 1.29 is 9.15 Å². The molecule has 2 heterocycles. The van der Waals surface area contributed by atoms with Gasteiger partial charge in [-0.1, -0.05) is 24.3 Å². The van der Waals surface area contributed by atoms with E-state index in [-0.39, 0.29) is 0 Å². The van der Waals surface area contributed by atoms with Crippen molar-refractivity contribution in [3.63, 3.8) is 0 Å². The lowest BCUT2D eigenvalue weighted by atomic mass is 10.1. The Morgan fingerprint density at radius 3 is 2.57 bits per heavy atom. The van der Waals surface area contributed by atoms with Crippen LogP contribution in [0.4, 0.5) is 5.69 Å². The molecule has 5 nitrogen and oxygen atoms in total. The molecule has 138 valence electrons. The monoisotopic (exact) mass is 369 g/mol. The number of rotatable bonds is 3. The lowest BCUT2D eigenvalue weighted by Gasteiger charge is -2.10. The highest BCUT2D eigenvalue weighted by Crippen LogP contribution is 2.37. The molecule has 0 amide bonds. The second kappa shape index (κ2) is 6.16. The summed E-state index contributed by atoms with van der Waals surface area (Å²) in [7, 11) is 0. The SMILES string of the molecule is Cc1cc(C)n(-c2cccc(Oc3cc(N)c4oc5ccccc5c4c3)c2)n1. The third kappa shape index (κ3) is 2.68. The molecule has 0 radical (unpaired) electrons. The van der Waals surface area contributed by atoms with Crippen molar-refractivity contribution in [1.29, 1.82) is 0 Å². The summed E-state index contributed by atoms with van der Waals surface area (Å²) in [5, 5.41) is 6.50. The summed E-state index contributed by atoms with van der Waals surface area (Å²) >= 11 is 0. The molecule has 0 fully saturated rings. The van der Waals surface area contributed by atoms with Gasteiger partial charge in [0.05, 0.1) is 17.1 Å². The smallest absolute Gasteiger partial charge is 0.158 e. The zero-order valence-corrected chi connectivity index (χ0v) is 15.6. The summed E-state index contributed by atoms with van der Waals surface area (Å²) < 4.78 is 13.9. The van der Waals surface area contributed by atoms with Gasteiger partial charge >= 0.3 is 0 Å². The Hall–Kier alpha value is -3.73. The quantitative estimate of drug-likeness (QED) is 0.410. The van der Waals surface area contributed by atoms with Crippen molar-refractivity contribution in [3.8, 4) is 17.2 Å². The fraction of sp³-hybridized carbons (Fsp3) is 0.0870. The molecular formula is C23H19N3O2. The molecule has 0 unspecified atom stereocenters. The van der Waals surface area contributed by atoms with Gasteiger partial charge in [0, 0.05) is 28.6 Å². The topological polar surface area (TPSA) is 66.2 Å². The zero-order valence-electron chi connectivity index (χ0n) is 15.6. The first-order valence-electron chi connectivity index (χ1n) is 9.11. The van der Waals surface area contributed by atoms with Crippen LogP contribution in [0.1, 0.15) is 11.4 Å².